The lowest BCUT2D eigenvalue weighted by Crippen LogP contribution is -2.43. The van der Waals surface area contributed by atoms with Gasteiger partial charge in [0.1, 0.15) is 0 Å². The van der Waals surface area contributed by atoms with Crippen molar-refractivity contribution in [3.05, 3.63) is 35.1 Å². The highest BCUT2D eigenvalue weighted by Gasteiger charge is 2.30. The van der Waals surface area contributed by atoms with E-state index in [0.717, 1.165) is 12.1 Å². The lowest BCUT2D eigenvalue weighted by molar-refractivity contribution is 0.380. The standard InChI is InChI=1S/C11H13F3N2O2S/c12-8-3-2-7(10(13)11(8)14)9-4-1-6(5-16-9)19(15,17)18/h2-3,6,9,16H,1,4-5H2,(H2,15,17,18). The van der Waals surface area contributed by atoms with Crippen molar-refractivity contribution in [1.29, 1.82) is 0 Å². The minimum absolute atomic E-state index is 0.00762. The summed E-state index contributed by atoms with van der Waals surface area (Å²) in [6.45, 7) is 0.0575. The molecular formula is C11H13F3N2O2S. The smallest absolute Gasteiger partial charge is 0.213 e. The second kappa shape index (κ2) is 5.10. The second-order valence-electron chi connectivity index (χ2n) is 4.51. The summed E-state index contributed by atoms with van der Waals surface area (Å²) in [5.74, 6) is -4.01. The molecule has 106 valence electrons. The van der Waals surface area contributed by atoms with Gasteiger partial charge < -0.3 is 5.32 Å². The van der Waals surface area contributed by atoms with Gasteiger partial charge in [-0.15, -0.1) is 0 Å². The molecule has 1 saturated heterocycles. The number of halogens is 3. The van der Waals surface area contributed by atoms with Crippen LogP contribution < -0.4 is 10.5 Å². The van der Waals surface area contributed by atoms with E-state index < -0.39 is 38.8 Å². The van der Waals surface area contributed by atoms with Gasteiger partial charge in [0.15, 0.2) is 17.5 Å². The van der Waals surface area contributed by atoms with Crippen LogP contribution in [0.4, 0.5) is 13.2 Å². The minimum atomic E-state index is -3.65. The molecule has 2 rings (SSSR count). The van der Waals surface area contributed by atoms with Gasteiger partial charge in [0.05, 0.1) is 5.25 Å². The number of primary sulfonamides is 1. The average molecular weight is 294 g/mol. The SMILES string of the molecule is NS(=O)(=O)C1CCC(c2ccc(F)c(F)c2F)NC1. The Balaban J connectivity index is 2.17. The summed E-state index contributed by atoms with van der Waals surface area (Å²) in [5, 5.41) is 7.07. The van der Waals surface area contributed by atoms with Crippen LogP contribution in [0.1, 0.15) is 24.4 Å². The number of hydrogen-bond donors (Lipinski definition) is 2. The summed E-state index contributed by atoms with van der Waals surface area (Å²) in [7, 11) is -3.65. The largest absolute Gasteiger partial charge is 0.308 e. The molecule has 4 nitrogen and oxygen atoms in total. The fourth-order valence-corrected chi connectivity index (χ4v) is 2.98. The van der Waals surface area contributed by atoms with Crippen molar-refractivity contribution < 1.29 is 21.6 Å². The van der Waals surface area contributed by atoms with Crippen molar-refractivity contribution in [2.45, 2.75) is 24.1 Å². The molecule has 19 heavy (non-hydrogen) atoms. The molecule has 2 atom stereocenters. The van der Waals surface area contributed by atoms with Gasteiger partial charge in [0.2, 0.25) is 10.0 Å². The van der Waals surface area contributed by atoms with Crippen LogP contribution in [0.2, 0.25) is 0 Å². The van der Waals surface area contributed by atoms with Gasteiger partial charge in [0.25, 0.3) is 0 Å². The van der Waals surface area contributed by atoms with E-state index in [1.165, 1.54) is 0 Å². The molecule has 0 amide bonds. The molecule has 1 aliphatic rings. The highest BCUT2D eigenvalue weighted by atomic mass is 32.2. The second-order valence-corrected chi connectivity index (χ2v) is 6.36. The van der Waals surface area contributed by atoms with E-state index in [1.54, 1.807) is 0 Å². The van der Waals surface area contributed by atoms with Crippen molar-refractivity contribution >= 4 is 10.0 Å². The van der Waals surface area contributed by atoms with Crippen LogP contribution in [0.3, 0.4) is 0 Å². The molecule has 0 spiro atoms. The van der Waals surface area contributed by atoms with Gasteiger partial charge in [-0.25, -0.2) is 26.7 Å². The first kappa shape index (κ1) is 14.3. The normalized spacial score (nSPS) is 24.4. The lowest BCUT2D eigenvalue weighted by Gasteiger charge is -2.29. The summed E-state index contributed by atoms with van der Waals surface area (Å²) >= 11 is 0. The number of benzene rings is 1. The third-order valence-corrected chi connectivity index (χ3v) is 4.61. The van der Waals surface area contributed by atoms with Crippen LogP contribution in [0.5, 0.6) is 0 Å². The summed E-state index contributed by atoms with van der Waals surface area (Å²) < 4.78 is 61.8. The predicted molar refractivity (Wildman–Crippen MR) is 63.2 cm³/mol. The Morgan fingerprint density at radius 1 is 1.16 bits per heavy atom. The molecule has 1 aromatic carbocycles. The Morgan fingerprint density at radius 3 is 2.37 bits per heavy atom. The van der Waals surface area contributed by atoms with Gasteiger partial charge in [-0.2, -0.15) is 0 Å². The summed E-state index contributed by atoms with van der Waals surface area (Å²) in [4.78, 5) is 0. The summed E-state index contributed by atoms with van der Waals surface area (Å²) in [6, 6.07) is 1.46. The lowest BCUT2D eigenvalue weighted by atomic mass is 9.96. The van der Waals surface area contributed by atoms with Crippen LogP contribution in [-0.4, -0.2) is 20.2 Å². The summed E-state index contributed by atoms with van der Waals surface area (Å²) in [5.41, 5.74) is -0.00762. The average Bonchev–Trinajstić information content (AvgIpc) is 2.35. The zero-order chi connectivity index (χ0) is 14.2. The van der Waals surface area contributed by atoms with Gasteiger partial charge in [-0.3, -0.25) is 0 Å². The minimum Gasteiger partial charge on any atom is -0.308 e. The van der Waals surface area contributed by atoms with E-state index in [2.05, 4.69) is 5.32 Å². The first-order valence-electron chi connectivity index (χ1n) is 5.69. The Kier molecular flexibility index (Phi) is 3.84. The molecule has 0 bridgehead atoms. The molecule has 0 aliphatic carbocycles. The molecule has 1 fully saturated rings. The number of hydrogen-bond acceptors (Lipinski definition) is 3. The molecule has 0 aromatic heterocycles. The van der Waals surface area contributed by atoms with Crippen LogP contribution in [0.15, 0.2) is 12.1 Å². The molecule has 2 unspecified atom stereocenters. The summed E-state index contributed by atoms with van der Waals surface area (Å²) in [6.07, 6.45) is 0.526. The maximum Gasteiger partial charge on any atom is 0.213 e. The van der Waals surface area contributed by atoms with Gasteiger partial charge in [-0.05, 0) is 18.9 Å². The van der Waals surface area contributed by atoms with Crippen LogP contribution in [0, 0.1) is 17.5 Å². The van der Waals surface area contributed by atoms with E-state index in [1.807, 2.05) is 0 Å². The number of piperidine rings is 1. The van der Waals surface area contributed by atoms with Crippen LogP contribution in [0.25, 0.3) is 0 Å². The Hall–Kier alpha value is -1.12. The van der Waals surface area contributed by atoms with E-state index in [4.69, 9.17) is 5.14 Å². The monoisotopic (exact) mass is 294 g/mol. The van der Waals surface area contributed by atoms with Gasteiger partial charge >= 0.3 is 0 Å². The number of nitrogens with two attached hydrogens (primary N) is 1. The van der Waals surface area contributed by atoms with Crippen molar-refractivity contribution in [2.24, 2.45) is 5.14 Å². The first-order chi connectivity index (χ1) is 8.80. The Bertz CT molecular complexity index is 584. The fourth-order valence-electron chi connectivity index (χ4n) is 2.19. The zero-order valence-electron chi connectivity index (χ0n) is 9.87. The maximum atomic E-state index is 13.6. The molecule has 3 N–H and O–H groups in total. The predicted octanol–water partition coefficient (Wildman–Crippen LogP) is 1.19. The van der Waals surface area contributed by atoms with Crippen molar-refractivity contribution in [3.63, 3.8) is 0 Å². The van der Waals surface area contributed by atoms with Crippen molar-refractivity contribution in [2.75, 3.05) is 6.54 Å². The molecule has 1 heterocycles. The van der Waals surface area contributed by atoms with Gasteiger partial charge in [-0.1, -0.05) is 6.07 Å². The quantitative estimate of drug-likeness (QED) is 0.805. The molecule has 0 radical (unpaired) electrons. The maximum absolute atomic E-state index is 13.6. The number of rotatable bonds is 2. The Labute approximate surface area is 108 Å². The van der Waals surface area contributed by atoms with E-state index in [0.29, 0.717) is 0 Å². The third kappa shape index (κ3) is 2.90. The topological polar surface area (TPSA) is 72.2 Å². The van der Waals surface area contributed by atoms with Crippen LogP contribution in [-0.2, 0) is 10.0 Å². The fraction of sp³-hybridized carbons (Fsp3) is 0.455. The highest BCUT2D eigenvalue weighted by molar-refractivity contribution is 7.89. The zero-order valence-corrected chi connectivity index (χ0v) is 10.7. The van der Waals surface area contributed by atoms with E-state index in [9.17, 15) is 21.6 Å². The van der Waals surface area contributed by atoms with Gasteiger partial charge in [0, 0.05) is 18.2 Å². The number of nitrogens with one attached hydrogen (secondary N) is 1. The van der Waals surface area contributed by atoms with E-state index >= 15 is 0 Å². The van der Waals surface area contributed by atoms with Crippen molar-refractivity contribution in [3.8, 4) is 0 Å². The highest BCUT2D eigenvalue weighted by Crippen LogP contribution is 2.28. The third-order valence-electron chi connectivity index (χ3n) is 3.27. The molecule has 8 heteroatoms. The Morgan fingerprint density at radius 2 is 1.84 bits per heavy atom. The van der Waals surface area contributed by atoms with E-state index in [-0.39, 0.29) is 24.9 Å². The molecule has 1 aromatic rings. The first-order valence-corrected chi connectivity index (χ1v) is 7.30. The molecular weight excluding hydrogens is 281 g/mol. The molecule has 0 saturated carbocycles. The number of sulfonamides is 1. The van der Waals surface area contributed by atoms with Crippen LogP contribution >= 0.6 is 0 Å². The molecule has 1 aliphatic heterocycles. The van der Waals surface area contributed by atoms with Crippen molar-refractivity contribution in [1.82, 2.24) is 5.32 Å².